The molecule has 0 bridgehead atoms. The van der Waals surface area contributed by atoms with Gasteiger partial charge in [-0.15, -0.1) is 0 Å². The summed E-state index contributed by atoms with van der Waals surface area (Å²) in [7, 11) is 0. The number of nitrogens with two attached hydrogens (primary N) is 1. The van der Waals surface area contributed by atoms with Crippen LogP contribution in [0.2, 0.25) is 0 Å². The van der Waals surface area contributed by atoms with Gasteiger partial charge in [0.2, 0.25) is 0 Å². The molecule has 174 valence electrons. The SMILES string of the molecule is CCCCn1c(N)c(N(Cc2ccccc2)C(=O)c2ccc(C(C)(C)C)cc2)c(=O)[nH]c1=O. The summed E-state index contributed by atoms with van der Waals surface area (Å²) in [5.74, 6) is -0.370. The fourth-order valence-corrected chi connectivity index (χ4v) is 3.66. The first-order valence-corrected chi connectivity index (χ1v) is 11.2. The van der Waals surface area contributed by atoms with E-state index in [1.807, 2.05) is 49.4 Å². The van der Waals surface area contributed by atoms with E-state index in [9.17, 15) is 14.4 Å². The molecule has 0 unspecified atom stereocenters. The molecule has 3 N–H and O–H groups in total. The van der Waals surface area contributed by atoms with Crippen molar-refractivity contribution in [2.24, 2.45) is 0 Å². The topological polar surface area (TPSA) is 101 Å². The maximum atomic E-state index is 13.7. The van der Waals surface area contributed by atoms with E-state index in [-0.39, 0.29) is 29.4 Å². The average Bonchev–Trinajstić information content (AvgIpc) is 2.78. The van der Waals surface area contributed by atoms with E-state index < -0.39 is 11.2 Å². The molecule has 0 atom stereocenters. The van der Waals surface area contributed by atoms with Crippen LogP contribution in [-0.4, -0.2) is 15.5 Å². The van der Waals surface area contributed by atoms with E-state index in [1.165, 1.54) is 9.47 Å². The van der Waals surface area contributed by atoms with Crippen LogP contribution < -0.4 is 21.9 Å². The number of benzene rings is 2. The normalized spacial score (nSPS) is 11.4. The maximum absolute atomic E-state index is 13.7. The first-order valence-electron chi connectivity index (χ1n) is 11.2. The molecule has 3 aromatic rings. The van der Waals surface area contributed by atoms with Crippen molar-refractivity contribution < 1.29 is 4.79 Å². The van der Waals surface area contributed by atoms with Crippen molar-refractivity contribution in [3.63, 3.8) is 0 Å². The number of nitrogens with one attached hydrogen (secondary N) is 1. The van der Waals surface area contributed by atoms with Gasteiger partial charge in [0, 0.05) is 12.1 Å². The summed E-state index contributed by atoms with van der Waals surface area (Å²) in [4.78, 5) is 42.6. The highest BCUT2D eigenvalue weighted by Crippen LogP contribution is 2.25. The van der Waals surface area contributed by atoms with Crippen LogP contribution in [0.1, 0.15) is 62.0 Å². The van der Waals surface area contributed by atoms with Crippen LogP contribution in [0.4, 0.5) is 11.5 Å². The summed E-state index contributed by atoms with van der Waals surface area (Å²) in [6.07, 6.45) is 1.57. The van der Waals surface area contributed by atoms with Crippen molar-refractivity contribution in [2.75, 3.05) is 10.6 Å². The van der Waals surface area contributed by atoms with Gasteiger partial charge in [-0.05, 0) is 35.1 Å². The number of carbonyl (C=O) groups excluding carboxylic acids is 1. The predicted octanol–water partition coefficient (Wildman–Crippen LogP) is 4.06. The Kier molecular flexibility index (Phi) is 7.21. The van der Waals surface area contributed by atoms with Gasteiger partial charge < -0.3 is 5.73 Å². The molecule has 0 saturated heterocycles. The number of carbonyl (C=O) groups is 1. The Bertz CT molecular complexity index is 1220. The number of nitrogens with zero attached hydrogens (tertiary/aromatic N) is 2. The van der Waals surface area contributed by atoms with Crippen LogP contribution in [0.5, 0.6) is 0 Å². The molecule has 7 nitrogen and oxygen atoms in total. The quantitative estimate of drug-likeness (QED) is 0.569. The number of anilines is 2. The number of unbranched alkanes of at least 4 members (excludes halogenated alkanes) is 1. The molecule has 2 aromatic carbocycles. The van der Waals surface area contributed by atoms with E-state index in [0.717, 1.165) is 24.0 Å². The van der Waals surface area contributed by atoms with Crippen LogP contribution in [-0.2, 0) is 18.5 Å². The zero-order valence-electron chi connectivity index (χ0n) is 19.7. The number of hydrogen-bond donors (Lipinski definition) is 2. The highest BCUT2D eigenvalue weighted by Gasteiger charge is 2.26. The maximum Gasteiger partial charge on any atom is 0.330 e. The lowest BCUT2D eigenvalue weighted by molar-refractivity contribution is 0.0984. The molecule has 0 aliphatic rings. The van der Waals surface area contributed by atoms with Gasteiger partial charge in [-0.25, -0.2) is 4.79 Å². The summed E-state index contributed by atoms with van der Waals surface area (Å²) in [5, 5.41) is 0. The minimum atomic E-state index is -0.680. The van der Waals surface area contributed by atoms with Gasteiger partial charge in [0.15, 0.2) is 5.69 Å². The number of H-pyrrole nitrogens is 1. The summed E-state index contributed by atoms with van der Waals surface area (Å²) in [6, 6.07) is 16.7. The molecule has 0 fully saturated rings. The third-order valence-electron chi connectivity index (χ3n) is 5.65. The summed E-state index contributed by atoms with van der Waals surface area (Å²) < 4.78 is 1.33. The molecule has 3 rings (SSSR count). The van der Waals surface area contributed by atoms with Crippen molar-refractivity contribution >= 4 is 17.4 Å². The third kappa shape index (κ3) is 5.42. The van der Waals surface area contributed by atoms with Crippen LogP contribution in [0.15, 0.2) is 64.2 Å². The van der Waals surface area contributed by atoms with E-state index in [0.29, 0.717) is 12.1 Å². The van der Waals surface area contributed by atoms with Gasteiger partial charge in [0.05, 0.1) is 6.54 Å². The van der Waals surface area contributed by atoms with E-state index >= 15 is 0 Å². The van der Waals surface area contributed by atoms with Crippen molar-refractivity contribution in [3.8, 4) is 0 Å². The van der Waals surface area contributed by atoms with Gasteiger partial charge in [0.1, 0.15) is 5.82 Å². The Morgan fingerprint density at radius 1 is 1.03 bits per heavy atom. The minimum Gasteiger partial charge on any atom is -0.383 e. The standard InChI is InChI=1S/C26H32N4O3/c1-5-6-16-29-22(27)21(23(31)28-25(29)33)30(17-18-10-8-7-9-11-18)24(32)19-12-14-20(15-13-19)26(2,3)4/h7-15H,5-6,16-17,27H2,1-4H3,(H,28,31,33). The fourth-order valence-electron chi connectivity index (χ4n) is 3.66. The molecule has 1 amide bonds. The van der Waals surface area contributed by atoms with Crippen LogP contribution in [0.25, 0.3) is 0 Å². The number of aromatic amines is 1. The lowest BCUT2D eigenvalue weighted by Crippen LogP contribution is -2.41. The Hall–Kier alpha value is -3.61. The zero-order valence-corrected chi connectivity index (χ0v) is 19.7. The molecule has 0 radical (unpaired) electrons. The Labute approximate surface area is 193 Å². The molecule has 0 saturated carbocycles. The molecule has 1 aromatic heterocycles. The number of hydrogen-bond acceptors (Lipinski definition) is 4. The van der Waals surface area contributed by atoms with Crippen LogP contribution >= 0.6 is 0 Å². The monoisotopic (exact) mass is 448 g/mol. The third-order valence-corrected chi connectivity index (χ3v) is 5.65. The molecule has 1 heterocycles. The van der Waals surface area contributed by atoms with Crippen molar-refractivity contribution in [1.82, 2.24) is 9.55 Å². The highest BCUT2D eigenvalue weighted by molar-refractivity contribution is 6.07. The van der Waals surface area contributed by atoms with Crippen LogP contribution in [0, 0.1) is 0 Å². The Morgan fingerprint density at radius 2 is 1.67 bits per heavy atom. The first-order chi connectivity index (χ1) is 15.6. The van der Waals surface area contributed by atoms with Gasteiger partial charge >= 0.3 is 5.69 Å². The first kappa shape index (κ1) is 24.0. The van der Waals surface area contributed by atoms with Crippen molar-refractivity contribution in [3.05, 3.63) is 92.1 Å². The molecule has 7 heteroatoms. The van der Waals surface area contributed by atoms with Gasteiger partial charge in [-0.2, -0.15) is 0 Å². The second kappa shape index (κ2) is 9.90. The van der Waals surface area contributed by atoms with Crippen molar-refractivity contribution in [2.45, 2.75) is 59.0 Å². The van der Waals surface area contributed by atoms with E-state index in [2.05, 4.69) is 25.8 Å². The molecule has 0 spiro atoms. The second-order valence-corrected chi connectivity index (χ2v) is 9.20. The second-order valence-electron chi connectivity index (χ2n) is 9.20. The lowest BCUT2D eigenvalue weighted by Gasteiger charge is -2.25. The summed E-state index contributed by atoms with van der Waals surface area (Å²) in [6.45, 7) is 8.81. The molecular formula is C26H32N4O3. The molecular weight excluding hydrogens is 416 g/mol. The fraction of sp³-hybridized carbons (Fsp3) is 0.346. The molecule has 33 heavy (non-hydrogen) atoms. The van der Waals surface area contributed by atoms with E-state index in [4.69, 9.17) is 5.73 Å². The smallest absolute Gasteiger partial charge is 0.330 e. The van der Waals surface area contributed by atoms with Gasteiger partial charge in [-0.1, -0.05) is 76.6 Å². The van der Waals surface area contributed by atoms with Gasteiger partial charge in [-0.3, -0.25) is 24.0 Å². The number of nitrogen functional groups attached to an aromatic ring is 1. The summed E-state index contributed by atoms with van der Waals surface area (Å²) in [5.41, 5.74) is 7.37. The summed E-state index contributed by atoms with van der Waals surface area (Å²) >= 11 is 0. The molecule has 0 aliphatic carbocycles. The van der Waals surface area contributed by atoms with Gasteiger partial charge in [0.25, 0.3) is 11.5 Å². The van der Waals surface area contributed by atoms with Crippen molar-refractivity contribution in [1.29, 1.82) is 0 Å². The van der Waals surface area contributed by atoms with E-state index in [1.54, 1.807) is 12.1 Å². The lowest BCUT2D eigenvalue weighted by atomic mass is 9.86. The predicted molar refractivity (Wildman–Crippen MR) is 133 cm³/mol. The van der Waals surface area contributed by atoms with Crippen LogP contribution in [0.3, 0.4) is 0 Å². The Balaban J connectivity index is 2.12. The molecule has 0 aliphatic heterocycles. The number of aromatic nitrogens is 2. The number of rotatable bonds is 7. The highest BCUT2D eigenvalue weighted by atomic mass is 16.2. The zero-order chi connectivity index (χ0) is 24.2. The Morgan fingerprint density at radius 3 is 2.24 bits per heavy atom. The largest absolute Gasteiger partial charge is 0.383 e. The number of amides is 1. The average molecular weight is 449 g/mol. The minimum absolute atomic E-state index is 0.00667.